The third-order valence-electron chi connectivity index (χ3n) is 2.97. The molecule has 0 N–H and O–H groups in total. The minimum atomic E-state index is 0.112. The molecule has 0 aromatic heterocycles. The first-order chi connectivity index (χ1) is 12.7. The topological polar surface area (TPSA) is 0 Å². The van der Waals surface area contributed by atoms with Crippen LogP contribution in [0, 0.1) is 0 Å². The van der Waals surface area contributed by atoms with Gasteiger partial charge in [-0.15, -0.1) is 30.1 Å². The van der Waals surface area contributed by atoms with Gasteiger partial charge in [0, 0.05) is 6.42 Å². The highest BCUT2D eigenvalue weighted by atomic mass is 32.2. The number of halogens is 1. The summed E-state index contributed by atoms with van der Waals surface area (Å²) in [5.74, 6) is 2.46. The van der Waals surface area contributed by atoms with Gasteiger partial charge in [0.2, 0.25) is 0 Å². The molecule has 0 unspecified atom stereocenters. The third-order valence-corrected chi connectivity index (χ3v) is 6.41. The number of benzene rings is 1. The van der Waals surface area contributed by atoms with Gasteiger partial charge in [-0.05, 0) is 36.0 Å². The zero-order valence-electron chi connectivity index (χ0n) is 17.7. The molecular formula is C23H39FS2. The summed E-state index contributed by atoms with van der Waals surface area (Å²) in [5.41, 5.74) is 2.55. The van der Waals surface area contributed by atoms with Gasteiger partial charge in [-0.2, -0.15) is 0 Å². The molecule has 0 radical (unpaired) electrons. The van der Waals surface area contributed by atoms with Crippen LogP contribution < -0.4 is 0 Å². The maximum Gasteiger partial charge on any atom is 0.0894 e. The molecule has 26 heavy (non-hydrogen) atoms. The van der Waals surface area contributed by atoms with Crippen LogP contribution in [0.3, 0.4) is 0 Å². The van der Waals surface area contributed by atoms with E-state index in [-0.39, 0.29) is 4.08 Å². The maximum atomic E-state index is 9.50. The Hall–Kier alpha value is -0.930. The summed E-state index contributed by atoms with van der Waals surface area (Å²) in [7, 11) is 0.500. The van der Waals surface area contributed by atoms with Crippen LogP contribution >= 0.6 is 23.5 Å². The fourth-order valence-corrected chi connectivity index (χ4v) is 5.32. The van der Waals surface area contributed by atoms with Crippen LogP contribution in [0.15, 0.2) is 67.8 Å². The van der Waals surface area contributed by atoms with Crippen molar-refractivity contribution in [2.24, 2.45) is 0 Å². The van der Waals surface area contributed by atoms with Crippen molar-refractivity contribution in [2.45, 2.75) is 51.5 Å². The first-order valence-electron chi connectivity index (χ1n) is 9.27. The molecule has 0 spiro atoms. The average Bonchev–Trinajstić information content (AvgIpc) is 2.74. The Morgan fingerprint density at radius 3 is 1.85 bits per heavy atom. The van der Waals surface area contributed by atoms with Crippen molar-refractivity contribution >= 4 is 23.5 Å². The molecule has 1 fully saturated rings. The van der Waals surface area contributed by atoms with Crippen LogP contribution in [0.25, 0.3) is 0 Å². The quantitative estimate of drug-likeness (QED) is 0.369. The Balaban J connectivity index is -0.000000509. The lowest BCUT2D eigenvalue weighted by Gasteiger charge is -2.37. The molecule has 0 bridgehead atoms. The van der Waals surface area contributed by atoms with Crippen molar-refractivity contribution in [3.8, 4) is 0 Å². The largest absolute Gasteiger partial charge is 0.255 e. The molecule has 0 atom stereocenters. The van der Waals surface area contributed by atoms with Gasteiger partial charge in [0.1, 0.15) is 0 Å². The summed E-state index contributed by atoms with van der Waals surface area (Å²) in [6, 6.07) is 10.7. The zero-order chi connectivity index (χ0) is 20.8. The number of rotatable bonds is 4. The Kier molecular flexibility index (Phi) is 25.4. The smallest absolute Gasteiger partial charge is 0.0894 e. The minimum absolute atomic E-state index is 0.112. The van der Waals surface area contributed by atoms with Crippen molar-refractivity contribution in [3.05, 3.63) is 73.4 Å². The fourth-order valence-electron chi connectivity index (χ4n) is 2.00. The predicted molar refractivity (Wildman–Crippen MR) is 127 cm³/mol. The van der Waals surface area contributed by atoms with E-state index in [1.54, 1.807) is 6.08 Å². The second-order valence-corrected chi connectivity index (χ2v) is 7.65. The van der Waals surface area contributed by atoms with Crippen LogP contribution in [-0.4, -0.2) is 22.8 Å². The van der Waals surface area contributed by atoms with E-state index >= 15 is 0 Å². The number of allylic oxidation sites excluding steroid dienone is 2. The highest BCUT2D eigenvalue weighted by Crippen LogP contribution is 2.49. The van der Waals surface area contributed by atoms with Gasteiger partial charge in [-0.25, -0.2) is 0 Å². The average molecular weight is 399 g/mol. The van der Waals surface area contributed by atoms with E-state index in [0.717, 1.165) is 12.0 Å². The molecule has 1 heterocycles. The number of hydrogen-bond donors (Lipinski definition) is 0. The second kappa shape index (κ2) is 22.1. The Morgan fingerprint density at radius 2 is 1.46 bits per heavy atom. The molecule has 1 aromatic rings. The van der Waals surface area contributed by atoms with Crippen LogP contribution in [0.1, 0.15) is 46.6 Å². The summed E-state index contributed by atoms with van der Waals surface area (Å²) in [4.78, 5) is 0. The fraction of sp³-hybridized carbons (Fsp3) is 0.478. The van der Waals surface area contributed by atoms with Crippen molar-refractivity contribution in [1.82, 2.24) is 0 Å². The van der Waals surface area contributed by atoms with E-state index in [9.17, 15) is 4.39 Å². The van der Waals surface area contributed by atoms with Crippen molar-refractivity contribution in [2.75, 3.05) is 18.7 Å². The summed E-state index contributed by atoms with van der Waals surface area (Å²) >= 11 is 4.06. The third kappa shape index (κ3) is 12.4. The second-order valence-electron chi connectivity index (χ2n) is 4.60. The first kappa shape index (κ1) is 29.8. The van der Waals surface area contributed by atoms with Crippen LogP contribution in [0.4, 0.5) is 4.39 Å². The van der Waals surface area contributed by atoms with Crippen molar-refractivity contribution in [1.29, 1.82) is 0 Å². The maximum absolute atomic E-state index is 9.50. The van der Waals surface area contributed by atoms with Crippen molar-refractivity contribution in [3.63, 3.8) is 0 Å². The molecular weight excluding hydrogens is 359 g/mol. The van der Waals surface area contributed by atoms with E-state index in [0.29, 0.717) is 7.18 Å². The van der Waals surface area contributed by atoms with E-state index in [2.05, 4.69) is 50.1 Å². The SMILES string of the molecule is C=CC.C=CC(=C)C1(Cc2ccccc2)SCCCS1.CC.CC.CF. The van der Waals surface area contributed by atoms with E-state index in [4.69, 9.17) is 0 Å². The summed E-state index contributed by atoms with van der Waals surface area (Å²) in [5, 5.41) is 0. The lowest BCUT2D eigenvalue weighted by atomic mass is 10.0. The van der Waals surface area contributed by atoms with Gasteiger partial charge in [-0.3, -0.25) is 4.39 Å². The molecule has 0 saturated carbocycles. The molecule has 3 heteroatoms. The molecule has 1 aromatic carbocycles. The molecule has 1 aliphatic heterocycles. The van der Waals surface area contributed by atoms with Gasteiger partial charge >= 0.3 is 0 Å². The molecule has 1 saturated heterocycles. The van der Waals surface area contributed by atoms with Crippen LogP contribution in [0.2, 0.25) is 0 Å². The van der Waals surface area contributed by atoms with E-state index in [1.807, 2.05) is 64.2 Å². The first-order valence-corrected chi connectivity index (χ1v) is 11.2. The highest BCUT2D eigenvalue weighted by molar-refractivity contribution is 8.19. The van der Waals surface area contributed by atoms with Crippen LogP contribution in [0.5, 0.6) is 0 Å². The lowest BCUT2D eigenvalue weighted by Crippen LogP contribution is -2.29. The number of hydrogen-bond acceptors (Lipinski definition) is 2. The molecule has 0 aliphatic carbocycles. The molecule has 2 rings (SSSR count). The number of alkyl halides is 1. The lowest BCUT2D eigenvalue weighted by molar-refractivity contribution is 0.636. The van der Waals surface area contributed by atoms with Gasteiger partial charge < -0.3 is 0 Å². The summed E-state index contributed by atoms with van der Waals surface area (Å²) in [6.45, 7) is 21.4. The molecule has 0 amide bonds. The monoisotopic (exact) mass is 398 g/mol. The van der Waals surface area contributed by atoms with Gasteiger partial charge in [0.05, 0.1) is 11.3 Å². The Labute approximate surface area is 171 Å². The highest BCUT2D eigenvalue weighted by Gasteiger charge is 2.35. The van der Waals surface area contributed by atoms with E-state index in [1.165, 1.54) is 23.5 Å². The normalized spacial score (nSPS) is 13.3. The summed E-state index contributed by atoms with van der Waals surface area (Å²) in [6.07, 6.45) is 6.03. The van der Waals surface area contributed by atoms with Crippen LogP contribution in [-0.2, 0) is 6.42 Å². The zero-order valence-corrected chi connectivity index (χ0v) is 19.3. The van der Waals surface area contributed by atoms with Crippen molar-refractivity contribution < 1.29 is 4.39 Å². The van der Waals surface area contributed by atoms with Gasteiger partial charge in [0.25, 0.3) is 0 Å². The van der Waals surface area contributed by atoms with E-state index < -0.39 is 0 Å². The minimum Gasteiger partial charge on any atom is -0.255 e. The van der Waals surface area contributed by atoms with Gasteiger partial charge in [-0.1, -0.05) is 83.3 Å². The Bertz CT molecular complexity index is 435. The Morgan fingerprint density at radius 1 is 1.04 bits per heavy atom. The van der Waals surface area contributed by atoms with Gasteiger partial charge in [0.15, 0.2) is 0 Å². The molecule has 150 valence electrons. The number of thioether (sulfide) groups is 2. The molecule has 0 nitrogen and oxygen atoms in total. The molecule has 1 aliphatic rings. The summed E-state index contributed by atoms with van der Waals surface area (Å²) < 4.78 is 9.61. The standard InChI is InChI=1S/C15H18S2.C3H6.2C2H6.CH3F/c1-3-13(2)15(16-10-7-11-17-15)12-14-8-5-4-6-9-14;1-3-2;3*1-2/h3-6,8-9H,1-2,7,10-12H2;3H,1H2,2H3;2*1-2H3;1H3. The predicted octanol–water partition coefficient (Wildman–Crippen LogP) is 8.37.